The Morgan fingerprint density at radius 1 is 1.60 bits per heavy atom. The van der Waals surface area contributed by atoms with Crippen LogP contribution in [0.25, 0.3) is 0 Å². The van der Waals surface area contributed by atoms with E-state index in [4.69, 9.17) is 15.9 Å². The Kier molecular flexibility index (Phi) is 1.78. The summed E-state index contributed by atoms with van der Waals surface area (Å²) in [5.41, 5.74) is 12.4. The fraction of sp³-hybridized carbons (Fsp3) is 0.143. The average molecular weight is 138 g/mol. The molecule has 0 aliphatic heterocycles. The molecule has 0 aliphatic rings. The second-order valence-corrected chi connectivity index (χ2v) is 2.04. The van der Waals surface area contributed by atoms with Gasteiger partial charge in [-0.05, 0) is 0 Å². The molecule has 1 aromatic rings. The summed E-state index contributed by atoms with van der Waals surface area (Å²) in [6.45, 7) is 3.54. The molecule has 0 fully saturated rings. The van der Waals surface area contributed by atoms with E-state index in [1.54, 1.807) is 6.08 Å². The Morgan fingerprint density at radius 3 is 2.70 bits per heavy atom. The summed E-state index contributed by atoms with van der Waals surface area (Å²) < 4.78 is 4.82. The molecule has 1 rings (SSSR count). The van der Waals surface area contributed by atoms with Crippen LogP contribution in [0.5, 0.6) is 0 Å². The standard InChI is InChI=1S/C7H10N2O/c1-2-6(8)5-3-10-4-7(5)9/h2-4,6H,1,8-9H2/t6-/m0/s1. The van der Waals surface area contributed by atoms with Crippen molar-refractivity contribution >= 4 is 5.69 Å². The van der Waals surface area contributed by atoms with Gasteiger partial charge in [0.15, 0.2) is 0 Å². The lowest BCUT2D eigenvalue weighted by Crippen LogP contribution is -2.07. The summed E-state index contributed by atoms with van der Waals surface area (Å²) in [6.07, 6.45) is 4.60. The number of hydrogen-bond acceptors (Lipinski definition) is 3. The highest BCUT2D eigenvalue weighted by atomic mass is 16.3. The van der Waals surface area contributed by atoms with E-state index in [2.05, 4.69) is 6.58 Å². The van der Waals surface area contributed by atoms with Gasteiger partial charge in [-0.1, -0.05) is 6.08 Å². The topological polar surface area (TPSA) is 65.2 Å². The molecule has 1 aromatic heterocycles. The van der Waals surface area contributed by atoms with Gasteiger partial charge < -0.3 is 15.9 Å². The Morgan fingerprint density at radius 2 is 2.30 bits per heavy atom. The Hall–Kier alpha value is -1.22. The van der Waals surface area contributed by atoms with Crippen LogP contribution in [0.1, 0.15) is 11.6 Å². The number of furan rings is 1. The predicted octanol–water partition coefficient (Wildman–Crippen LogP) is 1.05. The molecule has 0 saturated heterocycles. The molecular weight excluding hydrogens is 128 g/mol. The van der Waals surface area contributed by atoms with E-state index in [0.29, 0.717) is 5.69 Å². The molecule has 0 spiro atoms. The number of rotatable bonds is 2. The second-order valence-electron chi connectivity index (χ2n) is 2.04. The maximum atomic E-state index is 5.58. The van der Waals surface area contributed by atoms with Gasteiger partial charge in [-0.15, -0.1) is 6.58 Å². The van der Waals surface area contributed by atoms with Crippen molar-refractivity contribution in [2.75, 3.05) is 5.73 Å². The maximum Gasteiger partial charge on any atom is 0.114 e. The molecule has 0 unspecified atom stereocenters. The first-order valence-electron chi connectivity index (χ1n) is 2.95. The number of nitrogens with two attached hydrogens (primary N) is 2. The predicted molar refractivity (Wildman–Crippen MR) is 40.2 cm³/mol. The van der Waals surface area contributed by atoms with Gasteiger partial charge in [0.05, 0.1) is 18.0 Å². The van der Waals surface area contributed by atoms with Gasteiger partial charge in [-0.25, -0.2) is 0 Å². The zero-order valence-electron chi connectivity index (χ0n) is 5.58. The lowest BCUT2D eigenvalue weighted by molar-refractivity contribution is 0.563. The average Bonchev–Trinajstić information content (AvgIpc) is 2.34. The Bertz CT molecular complexity index is 229. The molecular formula is C7H10N2O. The third kappa shape index (κ3) is 1.04. The lowest BCUT2D eigenvalue weighted by Gasteiger charge is -2.01. The van der Waals surface area contributed by atoms with E-state index in [1.165, 1.54) is 12.5 Å². The van der Waals surface area contributed by atoms with Crippen LogP contribution in [0.15, 0.2) is 29.6 Å². The van der Waals surface area contributed by atoms with Crippen molar-refractivity contribution in [2.45, 2.75) is 6.04 Å². The van der Waals surface area contributed by atoms with Crippen LogP contribution in [0, 0.1) is 0 Å². The molecule has 4 N–H and O–H groups in total. The molecule has 1 atom stereocenters. The zero-order valence-corrected chi connectivity index (χ0v) is 5.58. The summed E-state index contributed by atoms with van der Waals surface area (Å²) in [7, 11) is 0. The first kappa shape index (κ1) is 6.89. The number of nitrogen functional groups attached to an aromatic ring is 1. The van der Waals surface area contributed by atoms with Crippen LogP contribution in [0.2, 0.25) is 0 Å². The van der Waals surface area contributed by atoms with Crippen molar-refractivity contribution in [1.82, 2.24) is 0 Å². The molecule has 3 nitrogen and oxygen atoms in total. The van der Waals surface area contributed by atoms with Crippen LogP contribution in [-0.4, -0.2) is 0 Å². The van der Waals surface area contributed by atoms with Crippen molar-refractivity contribution < 1.29 is 4.42 Å². The minimum absolute atomic E-state index is 0.223. The second kappa shape index (κ2) is 2.58. The summed E-state index contributed by atoms with van der Waals surface area (Å²) in [4.78, 5) is 0. The molecule has 54 valence electrons. The van der Waals surface area contributed by atoms with Crippen molar-refractivity contribution in [3.63, 3.8) is 0 Å². The Balaban J connectivity index is 2.92. The first-order chi connectivity index (χ1) is 4.75. The monoisotopic (exact) mass is 138 g/mol. The first-order valence-corrected chi connectivity index (χ1v) is 2.95. The summed E-state index contributed by atoms with van der Waals surface area (Å²) in [5.74, 6) is 0. The minimum atomic E-state index is -0.223. The van der Waals surface area contributed by atoms with Gasteiger partial charge in [0.25, 0.3) is 0 Å². The highest BCUT2D eigenvalue weighted by Gasteiger charge is 2.06. The minimum Gasteiger partial charge on any atom is -0.470 e. The smallest absolute Gasteiger partial charge is 0.114 e. The molecule has 1 heterocycles. The summed E-state index contributed by atoms with van der Waals surface area (Å²) >= 11 is 0. The third-order valence-electron chi connectivity index (χ3n) is 1.34. The fourth-order valence-electron chi connectivity index (χ4n) is 0.715. The molecule has 3 heteroatoms. The van der Waals surface area contributed by atoms with Crippen LogP contribution < -0.4 is 11.5 Å². The van der Waals surface area contributed by atoms with Gasteiger partial charge >= 0.3 is 0 Å². The molecule has 0 bridgehead atoms. The van der Waals surface area contributed by atoms with Crippen LogP contribution in [0.3, 0.4) is 0 Å². The quantitative estimate of drug-likeness (QED) is 0.600. The fourth-order valence-corrected chi connectivity index (χ4v) is 0.715. The normalized spacial score (nSPS) is 12.9. The van der Waals surface area contributed by atoms with Gasteiger partial charge in [0.2, 0.25) is 0 Å². The van der Waals surface area contributed by atoms with E-state index in [9.17, 15) is 0 Å². The molecule has 0 amide bonds. The highest BCUT2D eigenvalue weighted by Crippen LogP contribution is 2.19. The molecule has 0 aliphatic carbocycles. The van der Waals surface area contributed by atoms with Crippen molar-refractivity contribution in [3.8, 4) is 0 Å². The van der Waals surface area contributed by atoms with E-state index in [0.717, 1.165) is 5.56 Å². The zero-order chi connectivity index (χ0) is 7.56. The number of anilines is 1. The molecule has 0 aromatic carbocycles. The van der Waals surface area contributed by atoms with Gasteiger partial charge in [-0.3, -0.25) is 0 Å². The van der Waals surface area contributed by atoms with E-state index in [1.807, 2.05) is 0 Å². The van der Waals surface area contributed by atoms with Gasteiger partial charge in [-0.2, -0.15) is 0 Å². The Labute approximate surface area is 59.3 Å². The van der Waals surface area contributed by atoms with Crippen LogP contribution in [0.4, 0.5) is 5.69 Å². The van der Waals surface area contributed by atoms with Crippen molar-refractivity contribution in [2.24, 2.45) is 5.73 Å². The molecule has 10 heavy (non-hydrogen) atoms. The van der Waals surface area contributed by atoms with E-state index in [-0.39, 0.29) is 6.04 Å². The maximum absolute atomic E-state index is 5.58. The number of hydrogen-bond donors (Lipinski definition) is 2. The summed E-state index contributed by atoms with van der Waals surface area (Å²) in [6, 6.07) is -0.223. The van der Waals surface area contributed by atoms with Gasteiger partial charge in [0, 0.05) is 5.56 Å². The van der Waals surface area contributed by atoms with Gasteiger partial charge in [0.1, 0.15) is 6.26 Å². The van der Waals surface area contributed by atoms with Crippen molar-refractivity contribution in [1.29, 1.82) is 0 Å². The van der Waals surface area contributed by atoms with Crippen LogP contribution >= 0.6 is 0 Å². The third-order valence-corrected chi connectivity index (χ3v) is 1.34. The van der Waals surface area contributed by atoms with E-state index < -0.39 is 0 Å². The van der Waals surface area contributed by atoms with Crippen molar-refractivity contribution in [3.05, 3.63) is 30.7 Å². The largest absolute Gasteiger partial charge is 0.470 e. The SMILES string of the molecule is C=C[C@H](N)c1cocc1N. The highest BCUT2D eigenvalue weighted by molar-refractivity contribution is 5.45. The van der Waals surface area contributed by atoms with E-state index >= 15 is 0 Å². The summed E-state index contributed by atoms with van der Waals surface area (Å²) in [5, 5.41) is 0. The molecule has 0 radical (unpaired) electrons. The molecule has 0 saturated carbocycles. The lowest BCUT2D eigenvalue weighted by atomic mass is 10.1. The van der Waals surface area contributed by atoms with Crippen LogP contribution in [-0.2, 0) is 0 Å².